The van der Waals surface area contributed by atoms with Crippen LogP contribution in [-0.4, -0.2) is 23.3 Å². The van der Waals surface area contributed by atoms with Gasteiger partial charge in [0.2, 0.25) is 0 Å². The number of aromatic nitrogens is 1. The largest absolute Gasteiger partial charge is 0.495 e. The van der Waals surface area contributed by atoms with Crippen LogP contribution < -0.4 is 4.74 Å². The molecule has 3 saturated carbocycles. The molecule has 176 valence electrons. The number of nitrogens with zero attached hydrogens (tertiary/aromatic N) is 1. The van der Waals surface area contributed by atoms with Crippen LogP contribution in [0.1, 0.15) is 84.3 Å². The molecule has 8 atom stereocenters. The van der Waals surface area contributed by atoms with Gasteiger partial charge < -0.3 is 9.84 Å². The fourth-order valence-corrected chi connectivity index (χ4v) is 8.87. The first-order valence-corrected chi connectivity index (χ1v) is 13.2. The van der Waals surface area contributed by atoms with E-state index in [1.165, 1.54) is 50.6 Å². The highest BCUT2D eigenvalue weighted by Crippen LogP contribution is 2.67. The molecule has 3 heteroatoms. The molecule has 0 amide bonds. The van der Waals surface area contributed by atoms with Crippen LogP contribution in [-0.2, 0) is 6.42 Å². The van der Waals surface area contributed by atoms with Gasteiger partial charge in [-0.05, 0) is 117 Å². The number of pyridine rings is 1. The minimum atomic E-state index is -0.100. The zero-order chi connectivity index (χ0) is 22.5. The van der Waals surface area contributed by atoms with Crippen molar-refractivity contribution in [3.8, 4) is 5.75 Å². The van der Waals surface area contributed by atoms with Crippen molar-refractivity contribution < 1.29 is 9.84 Å². The molecule has 0 spiro atoms. The molecule has 1 N–H and O–H groups in total. The first-order valence-electron chi connectivity index (χ1n) is 13.2. The first kappa shape index (κ1) is 22.4. The summed E-state index contributed by atoms with van der Waals surface area (Å²) < 4.78 is 5.26. The summed E-state index contributed by atoms with van der Waals surface area (Å²) in [4.78, 5) is 4.60. The molecule has 0 saturated heterocycles. The quantitative estimate of drug-likeness (QED) is 0.528. The number of aliphatic hydroxyl groups is 1. The van der Waals surface area contributed by atoms with Gasteiger partial charge in [-0.3, -0.25) is 4.98 Å². The summed E-state index contributed by atoms with van der Waals surface area (Å²) >= 11 is 0. The van der Waals surface area contributed by atoms with Gasteiger partial charge in [0, 0.05) is 5.69 Å². The van der Waals surface area contributed by atoms with Crippen molar-refractivity contribution in [1.29, 1.82) is 0 Å². The summed E-state index contributed by atoms with van der Waals surface area (Å²) in [5.41, 5.74) is 3.64. The number of allylic oxidation sites excluding steroid dienone is 1. The van der Waals surface area contributed by atoms with Crippen LogP contribution in [0.15, 0.2) is 30.0 Å². The second-order valence-corrected chi connectivity index (χ2v) is 12.1. The zero-order valence-corrected chi connectivity index (χ0v) is 20.6. The second kappa shape index (κ2) is 8.46. The number of aryl methyl sites for hydroxylation is 1. The van der Waals surface area contributed by atoms with Gasteiger partial charge in [0.15, 0.2) is 0 Å². The van der Waals surface area contributed by atoms with Crippen molar-refractivity contribution in [3.63, 3.8) is 0 Å². The highest BCUT2D eigenvalue weighted by molar-refractivity contribution is 5.25. The van der Waals surface area contributed by atoms with Gasteiger partial charge in [-0.2, -0.15) is 0 Å². The first-order chi connectivity index (χ1) is 15.3. The lowest BCUT2D eigenvalue weighted by molar-refractivity contribution is -0.0571. The number of rotatable bonds is 5. The third-order valence-electron chi connectivity index (χ3n) is 10.7. The molecule has 4 aliphatic carbocycles. The van der Waals surface area contributed by atoms with Crippen molar-refractivity contribution in [3.05, 3.63) is 35.7 Å². The molecule has 3 nitrogen and oxygen atoms in total. The number of methoxy groups -OCH3 is 1. The number of aliphatic hydroxyl groups excluding tert-OH is 1. The Balaban J connectivity index is 1.28. The standard InChI is InChI=1S/C29H43NO2/c1-19(5-7-21-8-9-23(32-4)18-30-21)25-11-12-26-24-10-6-20-17-22(31)13-15-28(20,2)27(24)14-16-29(25,26)3/h6,8-9,18-19,22,24-27,31H,5,7,10-17H2,1-4H3/t19-,22+,24+,25-,26+,27+,28+,29-/m1/s1. The topological polar surface area (TPSA) is 42.4 Å². The van der Waals surface area contributed by atoms with E-state index in [9.17, 15) is 5.11 Å². The molecule has 0 unspecified atom stereocenters. The van der Waals surface area contributed by atoms with Gasteiger partial charge in [0.1, 0.15) is 5.75 Å². The summed E-state index contributed by atoms with van der Waals surface area (Å²) in [6, 6.07) is 4.17. The number of ether oxygens (including phenoxy) is 1. The predicted octanol–water partition coefficient (Wildman–Crippen LogP) is 6.60. The molecule has 1 aromatic rings. The normalized spacial score (nSPS) is 41.8. The van der Waals surface area contributed by atoms with E-state index in [0.29, 0.717) is 10.8 Å². The molecule has 1 aromatic heterocycles. The Morgan fingerprint density at radius 3 is 2.72 bits per heavy atom. The maximum atomic E-state index is 10.3. The highest BCUT2D eigenvalue weighted by Gasteiger charge is 2.59. The van der Waals surface area contributed by atoms with Gasteiger partial charge in [0.05, 0.1) is 19.4 Å². The lowest BCUT2D eigenvalue weighted by atomic mass is 9.47. The second-order valence-electron chi connectivity index (χ2n) is 12.1. The van der Waals surface area contributed by atoms with E-state index in [1.807, 2.05) is 12.3 Å². The van der Waals surface area contributed by atoms with Gasteiger partial charge in [-0.1, -0.05) is 32.4 Å². The molecule has 0 aromatic carbocycles. The SMILES string of the molecule is COc1ccc(CC[C@@H](C)[C@H]2CC[C@H]3[C@@H]4CC=C5C[C@@H](O)CC[C@]5(C)[C@H]4CC[C@]23C)nc1. The van der Waals surface area contributed by atoms with Gasteiger partial charge >= 0.3 is 0 Å². The Kier molecular flexibility index (Phi) is 5.93. The van der Waals surface area contributed by atoms with Crippen LogP contribution in [0, 0.1) is 40.4 Å². The Morgan fingerprint density at radius 1 is 1.12 bits per heavy atom. The van der Waals surface area contributed by atoms with E-state index in [0.717, 1.165) is 54.6 Å². The van der Waals surface area contributed by atoms with Crippen molar-refractivity contribution in [1.82, 2.24) is 4.98 Å². The van der Waals surface area contributed by atoms with E-state index in [1.54, 1.807) is 12.7 Å². The lowest BCUT2D eigenvalue weighted by Gasteiger charge is -2.58. The van der Waals surface area contributed by atoms with Crippen molar-refractivity contribution in [2.45, 2.75) is 91.1 Å². The minimum absolute atomic E-state index is 0.100. The van der Waals surface area contributed by atoms with Gasteiger partial charge in [-0.15, -0.1) is 0 Å². The highest BCUT2D eigenvalue weighted by atomic mass is 16.5. The molecule has 4 aliphatic rings. The van der Waals surface area contributed by atoms with Crippen LogP contribution in [0.5, 0.6) is 5.75 Å². The Hall–Kier alpha value is -1.35. The summed E-state index contributed by atoms with van der Waals surface area (Å²) in [6.07, 6.45) is 16.6. The van der Waals surface area contributed by atoms with Crippen molar-refractivity contribution >= 4 is 0 Å². The van der Waals surface area contributed by atoms with Crippen LogP contribution in [0.3, 0.4) is 0 Å². The average molecular weight is 438 g/mol. The Morgan fingerprint density at radius 2 is 1.97 bits per heavy atom. The minimum Gasteiger partial charge on any atom is -0.495 e. The Bertz CT molecular complexity index is 847. The molecule has 0 radical (unpaired) electrons. The van der Waals surface area contributed by atoms with Crippen LogP contribution >= 0.6 is 0 Å². The van der Waals surface area contributed by atoms with E-state index in [-0.39, 0.29) is 6.10 Å². The van der Waals surface area contributed by atoms with Crippen LogP contribution in [0.4, 0.5) is 0 Å². The molecule has 1 heterocycles. The van der Waals surface area contributed by atoms with E-state index in [2.05, 4.69) is 37.9 Å². The van der Waals surface area contributed by atoms with E-state index >= 15 is 0 Å². The molecule has 0 aliphatic heterocycles. The smallest absolute Gasteiger partial charge is 0.137 e. The summed E-state index contributed by atoms with van der Waals surface area (Å²) in [7, 11) is 1.70. The summed E-state index contributed by atoms with van der Waals surface area (Å²) in [5.74, 6) is 5.02. The predicted molar refractivity (Wildman–Crippen MR) is 129 cm³/mol. The van der Waals surface area contributed by atoms with E-state index in [4.69, 9.17) is 4.74 Å². The Labute approximate surface area is 195 Å². The number of hydrogen-bond acceptors (Lipinski definition) is 3. The van der Waals surface area contributed by atoms with Crippen LogP contribution in [0.2, 0.25) is 0 Å². The molecular formula is C29H43NO2. The summed E-state index contributed by atoms with van der Waals surface area (Å²) in [6.45, 7) is 7.71. The number of fused-ring (bicyclic) bond motifs is 5. The monoisotopic (exact) mass is 437 g/mol. The van der Waals surface area contributed by atoms with Crippen LogP contribution in [0.25, 0.3) is 0 Å². The van der Waals surface area contributed by atoms with Crippen molar-refractivity contribution in [2.24, 2.45) is 40.4 Å². The average Bonchev–Trinajstić information content (AvgIpc) is 3.15. The fourth-order valence-electron chi connectivity index (χ4n) is 8.87. The summed E-state index contributed by atoms with van der Waals surface area (Å²) in [5, 5.41) is 10.3. The van der Waals surface area contributed by atoms with Gasteiger partial charge in [0.25, 0.3) is 0 Å². The molecule has 0 bridgehead atoms. The zero-order valence-electron chi connectivity index (χ0n) is 20.6. The molecule has 32 heavy (non-hydrogen) atoms. The molecular weight excluding hydrogens is 394 g/mol. The van der Waals surface area contributed by atoms with Gasteiger partial charge in [-0.25, -0.2) is 0 Å². The molecule has 5 rings (SSSR count). The number of hydrogen-bond donors (Lipinski definition) is 1. The third kappa shape index (κ3) is 3.63. The fraction of sp³-hybridized carbons (Fsp3) is 0.759. The maximum absolute atomic E-state index is 10.3. The molecule has 3 fully saturated rings. The maximum Gasteiger partial charge on any atom is 0.137 e. The third-order valence-corrected chi connectivity index (χ3v) is 10.7. The van der Waals surface area contributed by atoms with E-state index < -0.39 is 0 Å². The van der Waals surface area contributed by atoms with Crippen molar-refractivity contribution in [2.75, 3.05) is 7.11 Å². The lowest BCUT2D eigenvalue weighted by Crippen LogP contribution is -2.50.